The molecule has 1 rings (SSSR count). The molecule has 0 unspecified atom stereocenters. The predicted octanol–water partition coefficient (Wildman–Crippen LogP) is 2.59. The van der Waals surface area contributed by atoms with Crippen LogP contribution in [-0.2, 0) is 5.41 Å². The van der Waals surface area contributed by atoms with E-state index in [1.165, 1.54) is 5.56 Å². The van der Waals surface area contributed by atoms with E-state index < -0.39 is 0 Å². The largest absolute Gasteiger partial charge is 0.398 e. The summed E-state index contributed by atoms with van der Waals surface area (Å²) in [4.78, 5) is 0. The molecule has 0 fully saturated rings. The first-order chi connectivity index (χ1) is 6.32. The lowest BCUT2D eigenvalue weighted by Gasteiger charge is -2.21. The van der Waals surface area contributed by atoms with Crippen LogP contribution in [0.3, 0.4) is 0 Å². The average Bonchev–Trinajstić information content (AvgIpc) is 2.02. The molecule has 0 aliphatic carbocycles. The molecule has 0 saturated heterocycles. The second kappa shape index (κ2) is 3.62. The van der Waals surface area contributed by atoms with Crippen LogP contribution in [0.2, 0.25) is 0 Å². The van der Waals surface area contributed by atoms with Gasteiger partial charge in [0.25, 0.3) is 0 Å². The summed E-state index contributed by atoms with van der Waals surface area (Å²) in [6, 6.07) is 6.12. The van der Waals surface area contributed by atoms with E-state index in [9.17, 15) is 0 Å². The van der Waals surface area contributed by atoms with Gasteiger partial charge in [-0.3, -0.25) is 0 Å². The Morgan fingerprint density at radius 1 is 1.21 bits per heavy atom. The molecule has 1 aromatic carbocycles. The molecular weight excluding hydrogens is 172 g/mol. The van der Waals surface area contributed by atoms with Gasteiger partial charge in [0.15, 0.2) is 0 Å². The first-order valence-electron chi connectivity index (χ1n) is 4.98. The smallest absolute Gasteiger partial charge is 0.0362 e. The van der Waals surface area contributed by atoms with Crippen molar-refractivity contribution in [3.05, 3.63) is 29.3 Å². The number of nitrogens with two attached hydrogens (primary N) is 2. The average molecular weight is 192 g/mol. The Morgan fingerprint density at radius 3 is 2.21 bits per heavy atom. The van der Waals surface area contributed by atoms with Gasteiger partial charge in [0, 0.05) is 11.7 Å². The van der Waals surface area contributed by atoms with Crippen molar-refractivity contribution in [3.63, 3.8) is 0 Å². The van der Waals surface area contributed by atoms with Gasteiger partial charge in [0.05, 0.1) is 0 Å². The molecule has 1 aromatic rings. The minimum atomic E-state index is -0.00250. The highest BCUT2D eigenvalue weighted by atomic mass is 14.7. The summed E-state index contributed by atoms with van der Waals surface area (Å²) in [6.07, 6.45) is 0. The van der Waals surface area contributed by atoms with Crippen molar-refractivity contribution in [2.75, 3.05) is 5.73 Å². The Morgan fingerprint density at radius 2 is 1.79 bits per heavy atom. The van der Waals surface area contributed by atoms with Gasteiger partial charge in [-0.1, -0.05) is 32.9 Å². The van der Waals surface area contributed by atoms with E-state index in [2.05, 4.69) is 32.9 Å². The third-order valence-electron chi connectivity index (χ3n) is 2.44. The van der Waals surface area contributed by atoms with Crippen LogP contribution < -0.4 is 11.5 Å². The van der Waals surface area contributed by atoms with Gasteiger partial charge in [-0.2, -0.15) is 0 Å². The topological polar surface area (TPSA) is 52.0 Å². The highest BCUT2D eigenvalue weighted by Gasteiger charge is 2.15. The second-order valence-corrected chi connectivity index (χ2v) is 4.88. The van der Waals surface area contributed by atoms with E-state index in [1.807, 2.05) is 13.0 Å². The Labute approximate surface area is 86.3 Å². The summed E-state index contributed by atoms with van der Waals surface area (Å²) >= 11 is 0. The number of benzene rings is 1. The van der Waals surface area contributed by atoms with E-state index in [0.29, 0.717) is 0 Å². The fraction of sp³-hybridized carbons (Fsp3) is 0.500. The van der Waals surface area contributed by atoms with E-state index in [1.54, 1.807) is 0 Å². The molecule has 2 heteroatoms. The quantitative estimate of drug-likeness (QED) is 0.672. The Balaban J connectivity index is 3.20. The number of hydrogen-bond acceptors (Lipinski definition) is 2. The van der Waals surface area contributed by atoms with E-state index in [4.69, 9.17) is 11.5 Å². The normalized spacial score (nSPS) is 14.1. The highest BCUT2D eigenvalue weighted by molar-refractivity contribution is 5.51. The molecule has 0 saturated carbocycles. The predicted molar refractivity (Wildman–Crippen MR) is 62.2 cm³/mol. The maximum atomic E-state index is 5.85. The van der Waals surface area contributed by atoms with Crippen LogP contribution in [0.25, 0.3) is 0 Å². The molecule has 0 radical (unpaired) electrons. The SMILES string of the molecule is C[C@H](N)c1cc(C(C)(C)C)ccc1N. The summed E-state index contributed by atoms with van der Waals surface area (Å²) in [5.74, 6) is 0. The maximum absolute atomic E-state index is 5.85. The lowest BCUT2D eigenvalue weighted by atomic mass is 9.85. The molecule has 0 bridgehead atoms. The molecule has 0 heterocycles. The molecule has 1 atom stereocenters. The van der Waals surface area contributed by atoms with Crippen molar-refractivity contribution >= 4 is 5.69 Å². The molecule has 2 nitrogen and oxygen atoms in total. The van der Waals surface area contributed by atoms with Crippen molar-refractivity contribution in [3.8, 4) is 0 Å². The standard InChI is InChI=1S/C12H20N2/c1-8(13)10-7-9(12(2,3)4)5-6-11(10)14/h5-8H,13-14H2,1-4H3/t8-/m0/s1. The van der Waals surface area contributed by atoms with Gasteiger partial charge in [-0.15, -0.1) is 0 Å². The molecule has 0 aromatic heterocycles. The molecule has 4 N–H and O–H groups in total. The monoisotopic (exact) mass is 192 g/mol. The number of nitrogen functional groups attached to an aromatic ring is 1. The Kier molecular flexibility index (Phi) is 2.86. The lowest BCUT2D eigenvalue weighted by molar-refractivity contribution is 0.588. The Hall–Kier alpha value is -1.02. The fourth-order valence-corrected chi connectivity index (χ4v) is 1.44. The van der Waals surface area contributed by atoms with Crippen molar-refractivity contribution in [2.45, 2.75) is 39.2 Å². The zero-order valence-corrected chi connectivity index (χ0v) is 9.46. The zero-order chi connectivity index (χ0) is 10.9. The van der Waals surface area contributed by atoms with Gasteiger partial charge in [0.1, 0.15) is 0 Å². The minimum Gasteiger partial charge on any atom is -0.398 e. The first-order valence-corrected chi connectivity index (χ1v) is 4.98. The van der Waals surface area contributed by atoms with Gasteiger partial charge in [-0.05, 0) is 29.5 Å². The van der Waals surface area contributed by atoms with E-state index in [0.717, 1.165) is 11.3 Å². The summed E-state index contributed by atoms with van der Waals surface area (Å²) in [5, 5.41) is 0. The summed E-state index contributed by atoms with van der Waals surface area (Å²) in [5.41, 5.74) is 15.0. The van der Waals surface area contributed by atoms with Gasteiger partial charge >= 0.3 is 0 Å². The third-order valence-corrected chi connectivity index (χ3v) is 2.44. The maximum Gasteiger partial charge on any atom is 0.0362 e. The molecule has 14 heavy (non-hydrogen) atoms. The molecule has 78 valence electrons. The summed E-state index contributed by atoms with van der Waals surface area (Å²) in [7, 11) is 0. The molecule has 0 amide bonds. The van der Waals surface area contributed by atoms with Gasteiger partial charge < -0.3 is 11.5 Å². The van der Waals surface area contributed by atoms with E-state index in [-0.39, 0.29) is 11.5 Å². The fourth-order valence-electron chi connectivity index (χ4n) is 1.44. The van der Waals surface area contributed by atoms with Crippen molar-refractivity contribution < 1.29 is 0 Å². The molecular formula is C12H20N2. The van der Waals surface area contributed by atoms with Gasteiger partial charge in [0.2, 0.25) is 0 Å². The van der Waals surface area contributed by atoms with Crippen molar-refractivity contribution in [2.24, 2.45) is 5.73 Å². The van der Waals surface area contributed by atoms with Gasteiger partial charge in [-0.25, -0.2) is 0 Å². The zero-order valence-electron chi connectivity index (χ0n) is 9.46. The van der Waals surface area contributed by atoms with Crippen LogP contribution >= 0.6 is 0 Å². The summed E-state index contributed by atoms with van der Waals surface area (Å²) < 4.78 is 0. The Bertz CT molecular complexity index is 322. The van der Waals surface area contributed by atoms with Crippen molar-refractivity contribution in [1.82, 2.24) is 0 Å². The van der Waals surface area contributed by atoms with Crippen LogP contribution in [0.5, 0.6) is 0 Å². The van der Waals surface area contributed by atoms with Crippen molar-refractivity contribution in [1.29, 1.82) is 0 Å². The molecule has 0 aliphatic heterocycles. The van der Waals surface area contributed by atoms with Crippen LogP contribution in [0.4, 0.5) is 5.69 Å². The number of anilines is 1. The minimum absolute atomic E-state index is 0.00250. The third kappa shape index (κ3) is 2.26. The lowest BCUT2D eigenvalue weighted by Crippen LogP contribution is -2.14. The van der Waals surface area contributed by atoms with Crippen LogP contribution in [0.15, 0.2) is 18.2 Å². The summed E-state index contributed by atoms with van der Waals surface area (Å²) in [6.45, 7) is 8.51. The first kappa shape index (κ1) is 11.1. The second-order valence-electron chi connectivity index (χ2n) is 4.88. The molecule has 0 aliphatic rings. The van der Waals surface area contributed by atoms with Crippen LogP contribution in [0, 0.1) is 0 Å². The molecule has 0 spiro atoms. The highest BCUT2D eigenvalue weighted by Crippen LogP contribution is 2.27. The van der Waals surface area contributed by atoms with Crippen LogP contribution in [-0.4, -0.2) is 0 Å². The number of rotatable bonds is 1. The van der Waals surface area contributed by atoms with Crippen LogP contribution in [0.1, 0.15) is 44.9 Å². The van der Waals surface area contributed by atoms with E-state index >= 15 is 0 Å². The number of hydrogen-bond donors (Lipinski definition) is 2.